The van der Waals surface area contributed by atoms with Gasteiger partial charge in [-0.05, 0) is 49.7 Å². The van der Waals surface area contributed by atoms with Gasteiger partial charge < -0.3 is 10.2 Å². The van der Waals surface area contributed by atoms with Gasteiger partial charge in [0, 0.05) is 22.7 Å². The average molecular weight is 436 g/mol. The van der Waals surface area contributed by atoms with Crippen LogP contribution in [0.3, 0.4) is 0 Å². The standard InChI is InChI=1S/C17H18BrN5O2S/c18-10-2-1-3-12(8-10)22-7-6-13(16(22)25)15(24)19-9-14-20-21-17(26)23(14)11-4-5-11/h1-3,8,11,13H,4-7,9H2,(H,19,24)(H,21,26). The molecular formula is C17H18BrN5O2S. The number of nitrogens with one attached hydrogen (secondary N) is 2. The summed E-state index contributed by atoms with van der Waals surface area (Å²) in [5, 5.41) is 9.82. The quantitative estimate of drug-likeness (QED) is 0.558. The number of carbonyl (C=O) groups excluding carboxylic acids is 2. The lowest BCUT2D eigenvalue weighted by molar-refractivity contribution is -0.132. The van der Waals surface area contributed by atoms with Crippen molar-refractivity contribution in [3.63, 3.8) is 0 Å². The largest absolute Gasteiger partial charge is 0.348 e. The average Bonchev–Trinajstić information content (AvgIpc) is 3.28. The number of halogens is 1. The summed E-state index contributed by atoms with van der Waals surface area (Å²) < 4.78 is 3.44. The Morgan fingerprint density at radius 2 is 2.19 bits per heavy atom. The molecule has 2 fully saturated rings. The zero-order valence-electron chi connectivity index (χ0n) is 13.9. The highest BCUT2D eigenvalue weighted by Crippen LogP contribution is 2.35. The number of amides is 2. The fourth-order valence-electron chi connectivity index (χ4n) is 3.28. The van der Waals surface area contributed by atoms with E-state index in [1.165, 1.54) is 0 Å². The zero-order valence-corrected chi connectivity index (χ0v) is 16.3. The maximum Gasteiger partial charge on any atom is 0.239 e. The van der Waals surface area contributed by atoms with Crippen LogP contribution in [0.2, 0.25) is 0 Å². The van der Waals surface area contributed by atoms with Gasteiger partial charge in [0.1, 0.15) is 5.92 Å². The van der Waals surface area contributed by atoms with E-state index in [9.17, 15) is 9.59 Å². The van der Waals surface area contributed by atoms with E-state index >= 15 is 0 Å². The lowest BCUT2D eigenvalue weighted by atomic mass is 10.1. The minimum absolute atomic E-state index is 0.165. The molecule has 1 unspecified atom stereocenters. The van der Waals surface area contributed by atoms with E-state index in [1.807, 2.05) is 28.8 Å². The number of carbonyl (C=O) groups is 2. The molecule has 7 nitrogen and oxygen atoms in total. The number of benzene rings is 1. The van der Waals surface area contributed by atoms with Gasteiger partial charge in [-0.1, -0.05) is 22.0 Å². The Labute approximate surface area is 163 Å². The van der Waals surface area contributed by atoms with Crippen LogP contribution in [0.15, 0.2) is 28.7 Å². The minimum atomic E-state index is -0.662. The van der Waals surface area contributed by atoms with Crippen molar-refractivity contribution in [2.45, 2.75) is 31.8 Å². The Morgan fingerprint density at radius 1 is 1.38 bits per heavy atom. The van der Waals surface area contributed by atoms with Gasteiger partial charge in [-0.2, -0.15) is 5.10 Å². The first kappa shape index (κ1) is 17.4. The molecule has 2 aliphatic rings. The van der Waals surface area contributed by atoms with Crippen LogP contribution >= 0.6 is 28.1 Å². The van der Waals surface area contributed by atoms with E-state index in [2.05, 4.69) is 31.4 Å². The Bertz CT molecular complexity index is 920. The predicted octanol–water partition coefficient (Wildman–Crippen LogP) is 2.71. The molecule has 4 rings (SSSR count). The molecule has 1 aliphatic heterocycles. The highest BCUT2D eigenvalue weighted by Gasteiger charge is 2.37. The minimum Gasteiger partial charge on any atom is -0.348 e. The van der Waals surface area contributed by atoms with Gasteiger partial charge in [-0.25, -0.2) is 0 Å². The van der Waals surface area contributed by atoms with Gasteiger partial charge in [0.25, 0.3) is 0 Å². The third-order valence-electron chi connectivity index (χ3n) is 4.75. The lowest BCUT2D eigenvalue weighted by Crippen LogP contribution is -2.37. The number of aromatic amines is 1. The summed E-state index contributed by atoms with van der Waals surface area (Å²) in [4.78, 5) is 26.9. The van der Waals surface area contributed by atoms with Gasteiger partial charge in [0.2, 0.25) is 11.8 Å². The number of hydrogen-bond acceptors (Lipinski definition) is 4. The van der Waals surface area contributed by atoms with Crippen LogP contribution in [-0.2, 0) is 16.1 Å². The van der Waals surface area contributed by atoms with Crippen molar-refractivity contribution >= 4 is 45.6 Å². The van der Waals surface area contributed by atoms with Crippen LogP contribution in [0, 0.1) is 10.7 Å². The summed E-state index contributed by atoms with van der Waals surface area (Å²) in [6.45, 7) is 0.803. The third kappa shape index (κ3) is 3.33. The summed E-state index contributed by atoms with van der Waals surface area (Å²) in [7, 11) is 0. The van der Waals surface area contributed by atoms with E-state index in [0.29, 0.717) is 29.6 Å². The van der Waals surface area contributed by atoms with Crippen LogP contribution in [-0.4, -0.2) is 33.1 Å². The zero-order chi connectivity index (χ0) is 18.3. The number of aromatic nitrogens is 3. The normalized spacial score (nSPS) is 19.8. The summed E-state index contributed by atoms with van der Waals surface area (Å²) in [6, 6.07) is 7.91. The first-order chi connectivity index (χ1) is 12.5. The topological polar surface area (TPSA) is 83.0 Å². The summed E-state index contributed by atoms with van der Waals surface area (Å²) in [5.74, 6) is -0.379. The maximum absolute atomic E-state index is 12.7. The fraction of sp³-hybridized carbons (Fsp3) is 0.412. The highest BCUT2D eigenvalue weighted by molar-refractivity contribution is 9.10. The van der Waals surface area contributed by atoms with Crippen molar-refractivity contribution in [2.75, 3.05) is 11.4 Å². The second kappa shape index (κ2) is 6.96. The second-order valence-electron chi connectivity index (χ2n) is 6.57. The number of hydrogen-bond donors (Lipinski definition) is 2. The smallest absolute Gasteiger partial charge is 0.239 e. The van der Waals surface area contributed by atoms with Crippen LogP contribution in [0.4, 0.5) is 5.69 Å². The molecule has 1 aliphatic carbocycles. The highest BCUT2D eigenvalue weighted by atomic mass is 79.9. The summed E-state index contributed by atoms with van der Waals surface area (Å²) in [6.07, 6.45) is 2.67. The molecule has 2 amide bonds. The molecule has 1 atom stereocenters. The Hall–Kier alpha value is -2.00. The first-order valence-electron chi connectivity index (χ1n) is 8.55. The van der Waals surface area contributed by atoms with Crippen LogP contribution in [0.25, 0.3) is 0 Å². The monoisotopic (exact) mass is 435 g/mol. The molecule has 2 aromatic rings. The van der Waals surface area contributed by atoms with Crippen LogP contribution < -0.4 is 10.2 Å². The lowest BCUT2D eigenvalue weighted by Gasteiger charge is -2.17. The second-order valence-corrected chi connectivity index (χ2v) is 7.88. The van der Waals surface area contributed by atoms with E-state index in [1.54, 1.807) is 4.90 Å². The van der Waals surface area contributed by atoms with Gasteiger partial charge in [0.15, 0.2) is 10.6 Å². The number of anilines is 1. The van der Waals surface area contributed by atoms with Crippen molar-refractivity contribution in [1.29, 1.82) is 0 Å². The molecule has 2 heterocycles. The van der Waals surface area contributed by atoms with E-state index < -0.39 is 5.92 Å². The third-order valence-corrected chi connectivity index (χ3v) is 5.53. The molecular weight excluding hydrogens is 418 g/mol. The Kier molecular flexibility index (Phi) is 4.66. The molecule has 1 saturated heterocycles. The van der Waals surface area contributed by atoms with Crippen LogP contribution in [0.5, 0.6) is 0 Å². The summed E-state index contributed by atoms with van der Waals surface area (Å²) >= 11 is 8.65. The molecule has 26 heavy (non-hydrogen) atoms. The molecule has 0 radical (unpaired) electrons. The first-order valence-corrected chi connectivity index (χ1v) is 9.75. The molecule has 9 heteroatoms. The van der Waals surface area contributed by atoms with Gasteiger partial charge in [-0.15, -0.1) is 0 Å². The van der Waals surface area contributed by atoms with E-state index in [-0.39, 0.29) is 18.4 Å². The van der Waals surface area contributed by atoms with Gasteiger partial charge in [0.05, 0.1) is 6.54 Å². The SMILES string of the molecule is O=C(NCc1n[nH]c(=S)n1C1CC1)C1CCN(c2cccc(Br)c2)C1=O. The molecule has 2 N–H and O–H groups in total. The summed E-state index contributed by atoms with van der Waals surface area (Å²) in [5.41, 5.74) is 0.800. The van der Waals surface area contributed by atoms with Crippen molar-refractivity contribution in [3.8, 4) is 0 Å². The van der Waals surface area contributed by atoms with Crippen molar-refractivity contribution in [1.82, 2.24) is 20.1 Å². The number of H-pyrrole nitrogens is 1. The van der Waals surface area contributed by atoms with Gasteiger partial charge in [-0.3, -0.25) is 19.3 Å². The molecule has 1 aromatic carbocycles. The molecule has 1 aromatic heterocycles. The maximum atomic E-state index is 12.7. The number of rotatable bonds is 5. The van der Waals surface area contributed by atoms with Crippen molar-refractivity contribution < 1.29 is 9.59 Å². The molecule has 0 bridgehead atoms. The molecule has 136 valence electrons. The molecule has 0 spiro atoms. The Balaban J connectivity index is 1.41. The van der Waals surface area contributed by atoms with Crippen molar-refractivity contribution in [3.05, 3.63) is 39.3 Å². The fourth-order valence-corrected chi connectivity index (χ4v) is 3.97. The number of nitrogens with zero attached hydrogens (tertiary/aromatic N) is 3. The van der Waals surface area contributed by atoms with E-state index in [4.69, 9.17) is 12.2 Å². The van der Waals surface area contributed by atoms with Crippen molar-refractivity contribution in [2.24, 2.45) is 5.92 Å². The molecule has 1 saturated carbocycles. The predicted molar refractivity (Wildman–Crippen MR) is 102 cm³/mol. The van der Waals surface area contributed by atoms with Crippen LogP contribution in [0.1, 0.15) is 31.1 Å². The van der Waals surface area contributed by atoms with Gasteiger partial charge >= 0.3 is 0 Å². The Morgan fingerprint density at radius 3 is 2.92 bits per heavy atom. The van der Waals surface area contributed by atoms with E-state index in [0.717, 1.165) is 23.0 Å².